The standard InChI is InChI=1S/C22H25N5O2.ClH/c1-16-4-2-5-17(12-16)15-29-20-7-3-6-18(13-20)24-22(28)21-14-27(26-25-21)19-8-10-23-11-9-19;/h2-7,12-14,19,23H,8-11,15H2,1H3,(H,24,28);1H. The Morgan fingerprint density at radius 1 is 1.20 bits per heavy atom. The molecule has 1 fully saturated rings. The summed E-state index contributed by atoms with van der Waals surface area (Å²) in [4.78, 5) is 12.6. The number of piperidine rings is 1. The Hall–Kier alpha value is -2.90. The second-order valence-corrected chi connectivity index (χ2v) is 7.32. The molecule has 0 saturated carbocycles. The van der Waals surface area contributed by atoms with Crippen LogP contribution >= 0.6 is 12.4 Å². The van der Waals surface area contributed by atoms with Crippen LogP contribution < -0.4 is 15.4 Å². The van der Waals surface area contributed by atoms with E-state index in [4.69, 9.17) is 4.74 Å². The summed E-state index contributed by atoms with van der Waals surface area (Å²) in [5.74, 6) is 0.420. The largest absolute Gasteiger partial charge is 0.489 e. The van der Waals surface area contributed by atoms with Gasteiger partial charge in [-0.2, -0.15) is 0 Å². The Morgan fingerprint density at radius 2 is 2.00 bits per heavy atom. The van der Waals surface area contributed by atoms with E-state index in [2.05, 4.69) is 40.0 Å². The lowest BCUT2D eigenvalue weighted by atomic mass is 10.1. The lowest BCUT2D eigenvalue weighted by molar-refractivity contribution is 0.102. The van der Waals surface area contributed by atoms with Crippen LogP contribution in [-0.4, -0.2) is 34.0 Å². The minimum absolute atomic E-state index is 0. The van der Waals surface area contributed by atoms with Gasteiger partial charge in [-0.1, -0.05) is 41.1 Å². The fraction of sp³-hybridized carbons (Fsp3) is 0.318. The zero-order valence-corrected chi connectivity index (χ0v) is 17.7. The van der Waals surface area contributed by atoms with Crippen molar-refractivity contribution in [2.45, 2.75) is 32.4 Å². The van der Waals surface area contributed by atoms with Gasteiger partial charge in [-0.15, -0.1) is 17.5 Å². The van der Waals surface area contributed by atoms with Crippen LogP contribution in [0.2, 0.25) is 0 Å². The van der Waals surface area contributed by atoms with Crippen LogP contribution in [0.15, 0.2) is 54.7 Å². The summed E-state index contributed by atoms with van der Waals surface area (Å²) in [5, 5.41) is 14.4. The van der Waals surface area contributed by atoms with E-state index in [0.29, 0.717) is 29.8 Å². The van der Waals surface area contributed by atoms with E-state index in [1.54, 1.807) is 10.9 Å². The van der Waals surface area contributed by atoms with E-state index in [9.17, 15) is 4.79 Å². The summed E-state index contributed by atoms with van der Waals surface area (Å²) in [6.45, 7) is 4.45. The molecule has 1 aromatic heterocycles. The van der Waals surface area contributed by atoms with Crippen LogP contribution in [0.3, 0.4) is 0 Å². The van der Waals surface area contributed by atoms with Gasteiger partial charge in [0.05, 0.1) is 12.2 Å². The van der Waals surface area contributed by atoms with Crippen molar-refractivity contribution in [1.82, 2.24) is 20.3 Å². The number of carbonyl (C=O) groups excluding carboxylic acids is 1. The van der Waals surface area contributed by atoms with E-state index in [-0.39, 0.29) is 18.3 Å². The first-order chi connectivity index (χ1) is 14.2. The average molecular weight is 428 g/mol. The number of aromatic nitrogens is 3. The first-order valence-corrected chi connectivity index (χ1v) is 9.90. The summed E-state index contributed by atoms with van der Waals surface area (Å²) in [6.07, 6.45) is 3.71. The molecule has 8 heteroatoms. The van der Waals surface area contributed by atoms with Gasteiger partial charge in [-0.05, 0) is 50.6 Å². The molecule has 7 nitrogen and oxygen atoms in total. The molecule has 0 unspecified atom stereocenters. The molecule has 4 rings (SSSR count). The van der Waals surface area contributed by atoms with Crippen LogP contribution in [0.25, 0.3) is 0 Å². The third-order valence-corrected chi connectivity index (χ3v) is 5.01. The van der Waals surface area contributed by atoms with Crippen LogP contribution in [0.4, 0.5) is 5.69 Å². The summed E-state index contributed by atoms with van der Waals surface area (Å²) in [7, 11) is 0. The number of ether oxygens (including phenoxy) is 1. The van der Waals surface area contributed by atoms with Crippen LogP contribution in [0, 0.1) is 6.92 Å². The van der Waals surface area contributed by atoms with E-state index in [1.807, 2.05) is 36.4 Å². The first-order valence-electron chi connectivity index (χ1n) is 9.90. The van der Waals surface area contributed by atoms with Gasteiger partial charge in [0.2, 0.25) is 0 Å². The first kappa shape index (κ1) is 21.8. The van der Waals surface area contributed by atoms with E-state index in [0.717, 1.165) is 31.5 Å². The molecule has 30 heavy (non-hydrogen) atoms. The number of carbonyl (C=O) groups is 1. The normalized spacial score (nSPS) is 14.0. The number of halogens is 1. The summed E-state index contributed by atoms with van der Waals surface area (Å²) in [5.41, 5.74) is 3.28. The Kier molecular flexibility index (Phi) is 7.43. The molecule has 0 radical (unpaired) electrons. The van der Waals surface area contributed by atoms with Crippen molar-refractivity contribution in [3.63, 3.8) is 0 Å². The topological polar surface area (TPSA) is 81.1 Å². The van der Waals surface area contributed by atoms with E-state index >= 15 is 0 Å². The van der Waals surface area contributed by atoms with Crippen molar-refractivity contribution < 1.29 is 9.53 Å². The molecule has 0 aliphatic carbocycles. The number of rotatable bonds is 6. The average Bonchev–Trinajstić information content (AvgIpc) is 3.24. The fourth-order valence-electron chi connectivity index (χ4n) is 3.46. The Bertz CT molecular complexity index is 985. The zero-order valence-electron chi connectivity index (χ0n) is 16.9. The molecule has 158 valence electrons. The third kappa shape index (κ3) is 5.58. The smallest absolute Gasteiger partial charge is 0.277 e. The van der Waals surface area contributed by atoms with E-state index < -0.39 is 0 Å². The van der Waals surface area contributed by atoms with Gasteiger partial charge in [-0.25, -0.2) is 4.68 Å². The number of hydrogen-bond donors (Lipinski definition) is 2. The SMILES string of the molecule is Cc1cccc(COc2cccc(NC(=O)c3cn(C4CCNCC4)nn3)c2)c1.Cl. The molecule has 1 saturated heterocycles. The molecule has 2 aromatic carbocycles. The number of aryl methyl sites for hydroxylation is 1. The van der Waals surface area contributed by atoms with Crippen molar-refractivity contribution in [3.8, 4) is 5.75 Å². The number of nitrogens with zero attached hydrogens (tertiary/aromatic N) is 3. The van der Waals surface area contributed by atoms with Crippen molar-refractivity contribution >= 4 is 24.0 Å². The predicted octanol–water partition coefficient (Wildman–Crippen LogP) is 3.76. The monoisotopic (exact) mass is 427 g/mol. The van der Waals surface area contributed by atoms with Gasteiger partial charge >= 0.3 is 0 Å². The molecular formula is C22H26ClN5O2. The molecule has 0 bridgehead atoms. The van der Waals surface area contributed by atoms with E-state index in [1.165, 1.54) is 5.56 Å². The maximum Gasteiger partial charge on any atom is 0.277 e. The molecule has 2 N–H and O–H groups in total. The highest BCUT2D eigenvalue weighted by atomic mass is 35.5. The van der Waals surface area contributed by atoms with Crippen molar-refractivity contribution in [1.29, 1.82) is 0 Å². The maximum atomic E-state index is 12.6. The number of amides is 1. The molecule has 0 atom stereocenters. The number of hydrogen-bond acceptors (Lipinski definition) is 5. The number of benzene rings is 2. The third-order valence-electron chi connectivity index (χ3n) is 5.01. The highest BCUT2D eigenvalue weighted by Gasteiger charge is 2.18. The molecule has 3 aromatic rings. The summed E-state index contributed by atoms with van der Waals surface area (Å²) >= 11 is 0. The molecule has 1 amide bonds. The number of nitrogens with one attached hydrogen (secondary N) is 2. The molecular weight excluding hydrogens is 402 g/mol. The lowest BCUT2D eigenvalue weighted by Crippen LogP contribution is -2.29. The number of anilines is 1. The van der Waals surface area contributed by atoms with Crippen molar-refractivity contribution in [2.75, 3.05) is 18.4 Å². The van der Waals surface area contributed by atoms with Crippen molar-refractivity contribution in [3.05, 3.63) is 71.5 Å². The minimum atomic E-state index is -0.277. The summed E-state index contributed by atoms with van der Waals surface area (Å²) in [6, 6.07) is 15.9. The predicted molar refractivity (Wildman–Crippen MR) is 118 cm³/mol. The van der Waals surface area contributed by atoms with Gasteiger partial charge in [0, 0.05) is 11.8 Å². The second-order valence-electron chi connectivity index (χ2n) is 7.32. The zero-order chi connectivity index (χ0) is 20.1. The van der Waals surface area contributed by atoms with Crippen LogP contribution in [0.5, 0.6) is 5.75 Å². The van der Waals surface area contributed by atoms with Crippen molar-refractivity contribution in [2.24, 2.45) is 0 Å². The van der Waals surface area contributed by atoms with Gasteiger partial charge in [0.15, 0.2) is 5.69 Å². The van der Waals surface area contributed by atoms with Crippen LogP contribution in [-0.2, 0) is 6.61 Å². The minimum Gasteiger partial charge on any atom is -0.489 e. The highest BCUT2D eigenvalue weighted by Crippen LogP contribution is 2.20. The highest BCUT2D eigenvalue weighted by molar-refractivity contribution is 6.02. The molecule has 2 heterocycles. The van der Waals surface area contributed by atoms with Gasteiger partial charge in [-0.3, -0.25) is 4.79 Å². The van der Waals surface area contributed by atoms with Gasteiger partial charge < -0.3 is 15.4 Å². The summed E-state index contributed by atoms with van der Waals surface area (Å²) < 4.78 is 7.67. The Balaban J connectivity index is 0.00000256. The second kappa shape index (κ2) is 10.2. The van der Waals surface area contributed by atoms with Gasteiger partial charge in [0.25, 0.3) is 5.91 Å². The van der Waals surface area contributed by atoms with Gasteiger partial charge in [0.1, 0.15) is 12.4 Å². The Labute approximate surface area is 182 Å². The molecule has 1 aliphatic heterocycles. The molecule has 0 spiro atoms. The lowest BCUT2D eigenvalue weighted by Gasteiger charge is -2.22. The maximum absolute atomic E-state index is 12.6. The quantitative estimate of drug-likeness (QED) is 0.626. The van der Waals surface area contributed by atoms with Crippen LogP contribution in [0.1, 0.15) is 40.5 Å². The molecule has 1 aliphatic rings. The Morgan fingerprint density at radius 3 is 2.80 bits per heavy atom. The fourth-order valence-corrected chi connectivity index (χ4v) is 3.46.